The van der Waals surface area contributed by atoms with Crippen LogP contribution in [0.1, 0.15) is 22.4 Å². The van der Waals surface area contributed by atoms with Crippen molar-refractivity contribution in [1.82, 2.24) is 9.88 Å². The summed E-state index contributed by atoms with van der Waals surface area (Å²) in [6, 6.07) is 26.8. The van der Waals surface area contributed by atoms with Crippen LogP contribution in [0.3, 0.4) is 0 Å². The fraction of sp³-hybridized carbons (Fsp3) is 0.226. The van der Waals surface area contributed by atoms with Gasteiger partial charge in [-0.1, -0.05) is 42.5 Å². The molecule has 1 aliphatic rings. The summed E-state index contributed by atoms with van der Waals surface area (Å²) in [6.07, 6.45) is 1.39. The van der Waals surface area contributed by atoms with Crippen molar-refractivity contribution < 1.29 is 9.53 Å². The first-order valence-corrected chi connectivity index (χ1v) is 15.6. The van der Waals surface area contributed by atoms with E-state index in [0.29, 0.717) is 12.2 Å². The number of hydrogen-bond acceptors (Lipinski definition) is 7. The lowest BCUT2D eigenvalue weighted by molar-refractivity contribution is -0.115. The van der Waals surface area contributed by atoms with E-state index >= 15 is 0 Å². The van der Waals surface area contributed by atoms with E-state index in [9.17, 15) is 4.79 Å². The summed E-state index contributed by atoms with van der Waals surface area (Å²) < 4.78 is 6.41. The minimum atomic E-state index is 0. The summed E-state index contributed by atoms with van der Waals surface area (Å²) in [6.45, 7) is 2.80. The molecule has 0 unspecified atom stereocenters. The lowest BCUT2D eigenvalue weighted by Gasteiger charge is -2.27. The molecule has 40 heavy (non-hydrogen) atoms. The molecule has 1 amide bonds. The first-order chi connectivity index (χ1) is 19.2. The number of para-hydroxylation sites is 1. The molecule has 5 nitrogen and oxygen atoms in total. The fourth-order valence-electron chi connectivity index (χ4n) is 4.85. The van der Waals surface area contributed by atoms with Crippen molar-refractivity contribution in [2.75, 3.05) is 24.7 Å². The molecule has 0 spiro atoms. The highest BCUT2D eigenvalue weighted by Crippen LogP contribution is 2.46. The van der Waals surface area contributed by atoms with Gasteiger partial charge in [-0.3, -0.25) is 9.69 Å². The maximum absolute atomic E-state index is 13.1. The molecule has 3 aromatic carbocycles. The molecule has 6 rings (SSSR count). The maximum Gasteiger partial charge on any atom is 0.225 e. The molecule has 1 N–H and O–H groups in total. The number of thiophene rings is 1. The summed E-state index contributed by atoms with van der Waals surface area (Å²) in [5, 5.41) is 5.20. The Hall–Kier alpha value is -2.88. The molecule has 9 heteroatoms. The van der Waals surface area contributed by atoms with Crippen LogP contribution in [-0.4, -0.2) is 35.2 Å². The van der Waals surface area contributed by atoms with Crippen LogP contribution in [0.25, 0.3) is 20.8 Å². The van der Waals surface area contributed by atoms with E-state index in [4.69, 9.17) is 9.72 Å². The fourth-order valence-corrected chi connectivity index (χ4v) is 8.12. The number of carbonyl (C=O) groups excluding carboxylic acids is 1. The van der Waals surface area contributed by atoms with Crippen molar-refractivity contribution in [3.63, 3.8) is 0 Å². The van der Waals surface area contributed by atoms with E-state index in [1.807, 2.05) is 30.3 Å². The minimum absolute atomic E-state index is 0. The number of benzene rings is 3. The van der Waals surface area contributed by atoms with Gasteiger partial charge in [0.1, 0.15) is 15.8 Å². The van der Waals surface area contributed by atoms with Crippen LogP contribution >= 0.6 is 46.8 Å². The number of fused-ring (bicyclic) bond motifs is 2. The Labute approximate surface area is 253 Å². The lowest BCUT2D eigenvalue weighted by atomic mass is 10.0. The number of methoxy groups -OCH3 is 1. The number of amides is 1. The first-order valence-electron chi connectivity index (χ1n) is 13.0. The number of hydrogen-bond donors (Lipinski definition) is 1. The summed E-state index contributed by atoms with van der Waals surface area (Å²) >= 11 is 5.10. The van der Waals surface area contributed by atoms with Crippen LogP contribution < -0.4 is 10.1 Å². The highest BCUT2D eigenvalue weighted by atomic mass is 35.5. The molecule has 206 valence electrons. The highest BCUT2D eigenvalue weighted by Gasteiger charge is 2.27. The zero-order chi connectivity index (χ0) is 26.6. The molecule has 5 aromatic rings. The number of aromatic nitrogens is 1. The Morgan fingerprint density at radius 2 is 1.80 bits per heavy atom. The number of ether oxygens (including phenoxy) is 1. The summed E-state index contributed by atoms with van der Waals surface area (Å²) in [5.41, 5.74) is 4.79. The predicted molar refractivity (Wildman–Crippen MR) is 171 cm³/mol. The van der Waals surface area contributed by atoms with Crippen molar-refractivity contribution in [3.8, 4) is 16.3 Å². The number of thiazole rings is 1. The highest BCUT2D eigenvalue weighted by molar-refractivity contribution is 7.99. The van der Waals surface area contributed by atoms with Crippen molar-refractivity contribution in [2.45, 2.75) is 30.8 Å². The number of carbonyl (C=O) groups is 1. The molecule has 0 saturated heterocycles. The Bertz CT molecular complexity index is 1550. The number of anilines is 1. The van der Waals surface area contributed by atoms with E-state index in [1.165, 1.54) is 20.7 Å². The standard InChI is InChI=1S/C31H29N3O2S3.ClH/c1-36-22-11-13-23(14-12-22)37-18-16-28(35)33-31-29(30-32-25-9-5-6-10-26(25)38-30)24-15-17-34(20-27(24)39-31)19-21-7-3-2-4-8-21;/h2-14H,15-20H2,1H3,(H,33,35);1H. The zero-order valence-corrected chi connectivity index (χ0v) is 25.4. The third kappa shape index (κ3) is 6.53. The normalized spacial score (nSPS) is 13.0. The summed E-state index contributed by atoms with van der Waals surface area (Å²) in [5.74, 6) is 1.59. The van der Waals surface area contributed by atoms with Gasteiger partial charge in [-0.05, 0) is 53.9 Å². The maximum atomic E-state index is 13.1. The van der Waals surface area contributed by atoms with Crippen LogP contribution in [0.15, 0.2) is 83.8 Å². The summed E-state index contributed by atoms with van der Waals surface area (Å²) in [7, 11) is 1.66. The van der Waals surface area contributed by atoms with Gasteiger partial charge < -0.3 is 10.1 Å². The monoisotopic (exact) mass is 607 g/mol. The molecular formula is C31H30ClN3O2S3. The van der Waals surface area contributed by atoms with Crippen LogP contribution in [0, 0.1) is 0 Å². The van der Waals surface area contributed by atoms with Gasteiger partial charge in [-0.2, -0.15) is 0 Å². The van der Waals surface area contributed by atoms with Gasteiger partial charge >= 0.3 is 0 Å². The van der Waals surface area contributed by atoms with E-state index in [1.54, 1.807) is 41.5 Å². The average Bonchev–Trinajstić information content (AvgIpc) is 3.54. The van der Waals surface area contributed by atoms with Gasteiger partial charge in [0, 0.05) is 47.1 Å². The first kappa shape index (κ1) is 28.6. The van der Waals surface area contributed by atoms with Crippen LogP contribution in [0.5, 0.6) is 5.75 Å². The predicted octanol–water partition coefficient (Wildman–Crippen LogP) is 8.13. The third-order valence-corrected chi connectivity index (χ3v) is 10.0. The number of nitrogens with one attached hydrogen (secondary N) is 1. The van der Waals surface area contributed by atoms with Crippen molar-refractivity contribution in [2.24, 2.45) is 0 Å². The molecular weight excluding hydrogens is 578 g/mol. The van der Waals surface area contributed by atoms with Crippen molar-refractivity contribution in [3.05, 3.63) is 94.9 Å². The van der Waals surface area contributed by atoms with E-state index in [2.05, 4.69) is 58.7 Å². The second-order valence-corrected chi connectivity index (χ2v) is 12.8. The quantitative estimate of drug-likeness (QED) is 0.171. The van der Waals surface area contributed by atoms with Crippen LogP contribution in [0.4, 0.5) is 5.00 Å². The van der Waals surface area contributed by atoms with Crippen LogP contribution in [-0.2, 0) is 24.3 Å². The number of halogens is 1. The summed E-state index contributed by atoms with van der Waals surface area (Å²) in [4.78, 5) is 23.0. The van der Waals surface area contributed by atoms with Gasteiger partial charge in [0.2, 0.25) is 5.91 Å². The topological polar surface area (TPSA) is 54.5 Å². The average molecular weight is 608 g/mol. The second kappa shape index (κ2) is 13.2. The molecule has 3 heterocycles. The van der Waals surface area contributed by atoms with Crippen LogP contribution in [0.2, 0.25) is 0 Å². The third-order valence-electron chi connectivity index (χ3n) is 6.80. The number of thioether (sulfide) groups is 1. The SMILES string of the molecule is COc1ccc(SCCC(=O)Nc2sc3c(c2-c2nc4ccccc4s2)CCN(Cc2ccccc2)C3)cc1.Cl. The van der Waals surface area contributed by atoms with Gasteiger partial charge in [0.05, 0.1) is 17.3 Å². The smallest absolute Gasteiger partial charge is 0.225 e. The lowest BCUT2D eigenvalue weighted by Crippen LogP contribution is -2.29. The van der Waals surface area contributed by atoms with Gasteiger partial charge in [0.15, 0.2) is 0 Å². The van der Waals surface area contributed by atoms with Gasteiger partial charge in [0.25, 0.3) is 0 Å². The Morgan fingerprint density at radius 1 is 1.02 bits per heavy atom. The second-order valence-electron chi connectivity index (χ2n) is 9.46. The molecule has 2 aromatic heterocycles. The zero-order valence-electron chi connectivity index (χ0n) is 22.1. The molecule has 0 aliphatic carbocycles. The Kier molecular flexibility index (Phi) is 9.44. The van der Waals surface area contributed by atoms with E-state index < -0.39 is 0 Å². The molecule has 0 saturated carbocycles. The molecule has 0 fully saturated rings. The number of rotatable bonds is 9. The van der Waals surface area contributed by atoms with Crippen molar-refractivity contribution in [1.29, 1.82) is 0 Å². The van der Waals surface area contributed by atoms with Gasteiger partial charge in [-0.25, -0.2) is 4.98 Å². The molecule has 0 atom stereocenters. The Balaban J connectivity index is 0.00000323. The largest absolute Gasteiger partial charge is 0.497 e. The van der Waals surface area contributed by atoms with E-state index in [-0.39, 0.29) is 18.3 Å². The number of nitrogens with zero attached hydrogens (tertiary/aromatic N) is 2. The minimum Gasteiger partial charge on any atom is -0.497 e. The Morgan fingerprint density at radius 3 is 2.58 bits per heavy atom. The van der Waals surface area contributed by atoms with E-state index in [0.717, 1.165) is 57.8 Å². The van der Waals surface area contributed by atoms with Crippen molar-refractivity contribution >= 4 is 68.0 Å². The van der Waals surface area contributed by atoms with Gasteiger partial charge in [-0.15, -0.1) is 46.8 Å². The molecule has 0 bridgehead atoms. The molecule has 1 aliphatic heterocycles. The molecule has 0 radical (unpaired) electrons.